The van der Waals surface area contributed by atoms with Crippen molar-refractivity contribution in [2.45, 2.75) is 38.1 Å². The van der Waals surface area contributed by atoms with Crippen LogP contribution in [0.15, 0.2) is 42.5 Å². The summed E-state index contributed by atoms with van der Waals surface area (Å²) < 4.78 is 0. The zero-order valence-electron chi connectivity index (χ0n) is 15.0. The Balaban J connectivity index is 1.47. The highest BCUT2D eigenvalue weighted by Gasteiger charge is 2.25. The van der Waals surface area contributed by atoms with Crippen LogP contribution in [0.1, 0.15) is 42.5 Å². The van der Waals surface area contributed by atoms with Crippen molar-refractivity contribution in [3.8, 4) is 0 Å². The minimum Gasteiger partial charge on any atom is -0.353 e. The molecule has 2 unspecified atom stereocenters. The number of carbonyl (C=O) groups is 2. The Labute approximate surface area is 154 Å². The summed E-state index contributed by atoms with van der Waals surface area (Å²) in [6, 6.07) is 13.7. The highest BCUT2D eigenvalue weighted by molar-refractivity contribution is 5.98. The van der Waals surface area contributed by atoms with Gasteiger partial charge in [-0.2, -0.15) is 0 Å². The molecule has 2 aromatic rings. The second kappa shape index (κ2) is 8.81. The molecule has 2 amide bonds. The zero-order valence-corrected chi connectivity index (χ0v) is 15.0. The van der Waals surface area contributed by atoms with Crippen LogP contribution in [0.25, 0.3) is 10.8 Å². The predicted octanol–water partition coefficient (Wildman–Crippen LogP) is 2.59. The van der Waals surface area contributed by atoms with Crippen molar-refractivity contribution >= 4 is 22.6 Å². The fourth-order valence-corrected chi connectivity index (χ4v) is 3.68. The van der Waals surface area contributed by atoms with Gasteiger partial charge in [0, 0.05) is 24.6 Å². The first-order chi connectivity index (χ1) is 12.7. The topological polar surface area (TPSA) is 84.2 Å². The van der Waals surface area contributed by atoms with Gasteiger partial charge in [-0.15, -0.1) is 0 Å². The number of hydrogen-bond donors (Lipinski definition) is 3. The van der Waals surface area contributed by atoms with E-state index in [1.54, 1.807) is 0 Å². The molecule has 26 heavy (non-hydrogen) atoms. The molecule has 5 nitrogen and oxygen atoms in total. The van der Waals surface area contributed by atoms with E-state index in [9.17, 15) is 9.59 Å². The molecule has 0 radical (unpaired) electrons. The Morgan fingerprint density at radius 3 is 2.62 bits per heavy atom. The molecule has 0 saturated heterocycles. The number of fused-ring (bicyclic) bond motifs is 1. The molecule has 0 aliphatic heterocycles. The standard InChI is InChI=1S/C21H27N3O2/c22-14-18-7-3-4-8-19(18)24-20(25)11-12-23-21(26)17-10-9-15-5-1-2-6-16(15)13-17/h1-2,5-6,9-10,13,18-19H,3-4,7-8,11-12,14,22H2,(H,23,26)(H,24,25). The number of rotatable bonds is 6. The van der Waals surface area contributed by atoms with Crippen LogP contribution in [0.3, 0.4) is 0 Å². The van der Waals surface area contributed by atoms with Gasteiger partial charge in [0.15, 0.2) is 0 Å². The van der Waals surface area contributed by atoms with Gasteiger partial charge in [-0.25, -0.2) is 0 Å². The molecule has 1 fully saturated rings. The van der Waals surface area contributed by atoms with Crippen LogP contribution in [0.5, 0.6) is 0 Å². The van der Waals surface area contributed by atoms with Crippen molar-refractivity contribution in [2.24, 2.45) is 11.7 Å². The van der Waals surface area contributed by atoms with Gasteiger partial charge in [-0.3, -0.25) is 9.59 Å². The van der Waals surface area contributed by atoms with Crippen LogP contribution >= 0.6 is 0 Å². The lowest BCUT2D eigenvalue weighted by Gasteiger charge is -2.31. The molecular formula is C21H27N3O2. The summed E-state index contributed by atoms with van der Waals surface area (Å²) in [6.45, 7) is 0.946. The third-order valence-corrected chi connectivity index (χ3v) is 5.21. The Bertz CT molecular complexity index is 775. The van der Waals surface area contributed by atoms with E-state index in [1.165, 1.54) is 6.42 Å². The third kappa shape index (κ3) is 4.61. The smallest absolute Gasteiger partial charge is 0.251 e. The maximum absolute atomic E-state index is 12.3. The van der Waals surface area contributed by atoms with E-state index in [4.69, 9.17) is 5.73 Å². The monoisotopic (exact) mass is 353 g/mol. The lowest BCUT2D eigenvalue weighted by Crippen LogP contribution is -2.45. The van der Waals surface area contributed by atoms with Gasteiger partial charge in [-0.1, -0.05) is 43.2 Å². The first kappa shape index (κ1) is 18.4. The lowest BCUT2D eigenvalue weighted by molar-refractivity contribution is -0.122. The molecule has 1 aliphatic rings. The molecule has 138 valence electrons. The maximum Gasteiger partial charge on any atom is 0.251 e. The molecule has 5 heteroatoms. The number of amides is 2. The van der Waals surface area contributed by atoms with E-state index in [0.29, 0.717) is 24.6 Å². The Kier molecular flexibility index (Phi) is 6.23. The summed E-state index contributed by atoms with van der Waals surface area (Å²) in [7, 11) is 0. The number of nitrogens with two attached hydrogens (primary N) is 1. The van der Waals surface area contributed by atoms with Crippen LogP contribution in [0.2, 0.25) is 0 Å². The fourth-order valence-electron chi connectivity index (χ4n) is 3.68. The van der Waals surface area contributed by atoms with Gasteiger partial charge in [0.2, 0.25) is 5.91 Å². The molecule has 2 atom stereocenters. The van der Waals surface area contributed by atoms with Gasteiger partial charge >= 0.3 is 0 Å². The molecule has 1 saturated carbocycles. The Hall–Kier alpha value is -2.40. The summed E-state index contributed by atoms with van der Waals surface area (Å²) in [5.41, 5.74) is 6.42. The molecule has 4 N–H and O–H groups in total. The molecule has 2 aromatic carbocycles. The van der Waals surface area contributed by atoms with Crippen molar-refractivity contribution in [2.75, 3.05) is 13.1 Å². The van der Waals surface area contributed by atoms with Crippen LogP contribution in [-0.4, -0.2) is 30.9 Å². The van der Waals surface area contributed by atoms with Crippen molar-refractivity contribution < 1.29 is 9.59 Å². The number of nitrogens with one attached hydrogen (secondary N) is 2. The van der Waals surface area contributed by atoms with Gasteiger partial charge < -0.3 is 16.4 Å². The van der Waals surface area contributed by atoms with Crippen molar-refractivity contribution in [3.05, 3.63) is 48.0 Å². The van der Waals surface area contributed by atoms with E-state index in [2.05, 4.69) is 10.6 Å². The largest absolute Gasteiger partial charge is 0.353 e. The lowest BCUT2D eigenvalue weighted by atomic mass is 9.84. The number of carbonyl (C=O) groups excluding carboxylic acids is 2. The average Bonchev–Trinajstić information content (AvgIpc) is 2.68. The highest BCUT2D eigenvalue weighted by atomic mass is 16.2. The average molecular weight is 353 g/mol. The third-order valence-electron chi connectivity index (χ3n) is 5.21. The SMILES string of the molecule is NCC1CCCCC1NC(=O)CCNC(=O)c1ccc2ccccc2c1. The van der Waals surface area contributed by atoms with Crippen LogP contribution in [0.4, 0.5) is 0 Å². The van der Waals surface area contributed by atoms with Crippen LogP contribution in [-0.2, 0) is 4.79 Å². The highest BCUT2D eigenvalue weighted by Crippen LogP contribution is 2.23. The molecule has 3 rings (SSSR count). The summed E-state index contributed by atoms with van der Waals surface area (Å²) >= 11 is 0. The van der Waals surface area contributed by atoms with E-state index >= 15 is 0 Å². The second-order valence-electron chi connectivity index (χ2n) is 7.02. The predicted molar refractivity (Wildman–Crippen MR) is 104 cm³/mol. The minimum atomic E-state index is -0.152. The van der Waals surface area contributed by atoms with Gasteiger partial charge in [0.1, 0.15) is 0 Å². The van der Waals surface area contributed by atoms with E-state index in [1.807, 2.05) is 42.5 Å². The van der Waals surface area contributed by atoms with Gasteiger partial charge in [0.05, 0.1) is 0 Å². The molecule has 1 aliphatic carbocycles. The number of benzene rings is 2. The van der Waals surface area contributed by atoms with E-state index in [0.717, 1.165) is 30.0 Å². The molecule has 0 heterocycles. The normalized spacial score (nSPS) is 19.9. The summed E-state index contributed by atoms with van der Waals surface area (Å²) in [6.07, 6.45) is 4.69. The van der Waals surface area contributed by atoms with Crippen LogP contribution < -0.4 is 16.4 Å². The Morgan fingerprint density at radius 2 is 1.81 bits per heavy atom. The number of hydrogen-bond acceptors (Lipinski definition) is 3. The van der Waals surface area contributed by atoms with Crippen LogP contribution in [0, 0.1) is 5.92 Å². The zero-order chi connectivity index (χ0) is 18.4. The summed E-state index contributed by atoms with van der Waals surface area (Å²) in [4.78, 5) is 24.5. The molecule has 0 aromatic heterocycles. The first-order valence-electron chi connectivity index (χ1n) is 9.44. The fraction of sp³-hybridized carbons (Fsp3) is 0.429. The summed E-state index contributed by atoms with van der Waals surface area (Å²) in [5.74, 6) is 0.204. The first-order valence-corrected chi connectivity index (χ1v) is 9.44. The van der Waals surface area contributed by atoms with Crippen molar-refractivity contribution in [1.82, 2.24) is 10.6 Å². The quantitative estimate of drug-likeness (QED) is 0.746. The maximum atomic E-state index is 12.3. The molecule has 0 bridgehead atoms. The second-order valence-corrected chi connectivity index (χ2v) is 7.02. The van der Waals surface area contributed by atoms with E-state index < -0.39 is 0 Å². The van der Waals surface area contributed by atoms with Crippen molar-refractivity contribution in [3.63, 3.8) is 0 Å². The molecular weight excluding hydrogens is 326 g/mol. The van der Waals surface area contributed by atoms with Gasteiger partial charge in [-0.05, 0) is 48.2 Å². The van der Waals surface area contributed by atoms with Crippen molar-refractivity contribution in [1.29, 1.82) is 0 Å². The minimum absolute atomic E-state index is 0.0193. The Morgan fingerprint density at radius 1 is 1.04 bits per heavy atom. The molecule has 0 spiro atoms. The summed E-state index contributed by atoms with van der Waals surface area (Å²) in [5, 5.41) is 8.05. The van der Waals surface area contributed by atoms with E-state index in [-0.39, 0.29) is 24.3 Å². The van der Waals surface area contributed by atoms with Gasteiger partial charge in [0.25, 0.3) is 5.91 Å².